The second kappa shape index (κ2) is 8.83. The van der Waals surface area contributed by atoms with Crippen molar-refractivity contribution in [2.45, 2.75) is 24.4 Å². The molecule has 1 aromatic heterocycles. The van der Waals surface area contributed by atoms with E-state index in [0.717, 1.165) is 5.56 Å². The minimum atomic E-state index is -0.731. The summed E-state index contributed by atoms with van der Waals surface area (Å²) in [5, 5.41) is 28.1. The van der Waals surface area contributed by atoms with Crippen molar-refractivity contribution in [2.24, 2.45) is 11.6 Å². The third-order valence-electron chi connectivity index (χ3n) is 5.67. The van der Waals surface area contributed by atoms with Gasteiger partial charge in [0.15, 0.2) is 0 Å². The van der Waals surface area contributed by atoms with Gasteiger partial charge in [0.25, 0.3) is 0 Å². The predicted octanol–water partition coefficient (Wildman–Crippen LogP) is 3.38. The molecular weight excluding hydrogens is 438 g/mol. The van der Waals surface area contributed by atoms with Crippen LogP contribution in [0, 0.1) is 22.7 Å². The highest BCUT2D eigenvalue weighted by atomic mass is 35.5. The van der Waals surface area contributed by atoms with Crippen LogP contribution < -0.4 is 22.2 Å². The van der Waals surface area contributed by atoms with Crippen LogP contribution in [0.5, 0.6) is 0 Å². The monoisotopic (exact) mass is 459 g/mol. The van der Waals surface area contributed by atoms with Gasteiger partial charge in [-0.2, -0.15) is 10.5 Å². The summed E-state index contributed by atoms with van der Waals surface area (Å²) in [6.45, 7) is 0. The molecule has 0 radical (unpaired) electrons. The van der Waals surface area contributed by atoms with E-state index in [1.807, 2.05) is 24.3 Å². The van der Waals surface area contributed by atoms with Gasteiger partial charge >= 0.3 is 0 Å². The maximum Gasteiger partial charge on any atom is 0.141 e. The number of fused-ring (bicyclic) bond motifs is 1. The lowest BCUT2D eigenvalue weighted by molar-refractivity contribution is 0.316. The zero-order valence-corrected chi connectivity index (χ0v) is 18.6. The Morgan fingerprint density at radius 2 is 2.03 bits per heavy atom. The molecule has 3 aromatic rings. The van der Waals surface area contributed by atoms with Gasteiger partial charge in [0.05, 0.1) is 28.9 Å². The summed E-state index contributed by atoms with van der Waals surface area (Å²) >= 11 is 6.49. The highest BCUT2D eigenvalue weighted by molar-refractivity contribution is 6.31. The van der Waals surface area contributed by atoms with E-state index in [1.54, 1.807) is 25.4 Å². The number of hydrogen-bond acceptors (Lipinski definition) is 9. The number of hydrogen-bond donors (Lipinski definition) is 4. The molecule has 2 aromatic carbocycles. The average molecular weight is 460 g/mol. The lowest BCUT2D eigenvalue weighted by atomic mass is 10.0. The molecule has 1 fully saturated rings. The van der Waals surface area contributed by atoms with Gasteiger partial charge in [-0.15, -0.1) is 0 Å². The first-order valence-corrected chi connectivity index (χ1v) is 10.6. The maximum absolute atomic E-state index is 9.70. The largest absolute Gasteiger partial charge is 0.399 e. The first-order chi connectivity index (χ1) is 15.9. The van der Waals surface area contributed by atoms with E-state index < -0.39 is 11.6 Å². The molecule has 166 valence electrons. The van der Waals surface area contributed by atoms with Gasteiger partial charge in [-0.1, -0.05) is 29.8 Å². The van der Waals surface area contributed by atoms with Gasteiger partial charge in [0.1, 0.15) is 23.8 Å². The highest BCUT2D eigenvalue weighted by Crippen LogP contribution is 2.40. The van der Waals surface area contributed by atoms with Crippen LogP contribution in [-0.4, -0.2) is 27.6 Å². The number of benzene rings is 2. The Labute approximate surface area is 196 Å². The minimum Gasteiger partial charge on any atom is -0.399 e. The third-order valence-corrected chi connectivity index (χ3v) is 6.01. The van der Waals surface area contributed by atoms with Gasteiger partial charge in [0.2, 0.25) is 0 Å². The zero-order chi connectivity index (χ0) is 23.6. The van der Waals surface area contributed by atoms with E-state index in [0.29, 0.717) is 51.5 Å². The molecule has 0 aliphatic heterocycles. The third kappa shape index (κ3) is 4.20. The Balaban J connectivity index is 1.79. The van der Waals surface area contributed by atoms with E-state index in [1.165, 1.54) is 11.3 Å². The van der Waals surface area contributed by atoms with Crippen molar-refractivity contribution < 1.29 is 0 Å². The van der Waals surface area contributed by atoms with Crippen LogP contribution in [0.4, 0.5) is 11.5 Å². The number of aromatic nitrogens is 2. The van der Waals surface area contributed by atoms with E-state index in [4.69, 9.17) is 23.2 Å². The molecule has 1 aliphatic carbocycles. The molecule has 0 amide bonds. The first-order valence-electron chi connectivity index (χ1n) is 10.2. The van der Waals surface area contributed by atoms with Crippen molar-refractivity contribution in [1.82, 2.24) is 15.0 Å². The number of halogens is 1. The summed E-state index contributed by atoms with van der Waals surface area (Å²) in [4.78, 5) is 8.50. The number of nitrogens with two attached hydrogens (primary N) is 2. The molecule has 0 spiro atoms. The van der Waals surface area contributed by atoms with Crippen LogP contribution in [0.25, 0.3) is 10.9 Å². The van der Waals surface area contributed by atoms with Gasteiger partial charge in [-0.05, 0) is 36.6 Å². The smallest absolute Gasteiger partial charge is 0.141 e. The Morgan fingerprint density at radius 3 is 2.67 bits per heavy atom. The summed E-state index contributed by atoms with van der Waals surface area (Å²) in [5.74, 6) is 6.75. The summed E-state index contributed by atoms with van der Waals surface area (Å²) in [6.07, 6.45) is 4.33. The standard InChI is InChI=1S/C23H22ClN9/c1-29-22-17-9-15(8-14(10-25)20(17)30-13-31-22)32-21(16-4-2-3-5-18(16)24)19(27)11-33(28)23(12-26)6-7-23/h2-5,8-9,11,13,21,32H,6-7,27-28H2,1H3,(H,29,30,31)/b19-11-. The van der Waals surface area contributed by atoms with Crippen LogP contribution in [-0.2, 0) is 0 Å². The molecule has 1 atom stereocenters. The quantitative estimate of drug-likeness (QED) is 0.307. The Bertz CT molecular complexity index is 1320. The van der Waals surface area contributed by atoms with Crippen molar-refractivity contribution in [3.8, 4) is 12.1 Å². The van der Waals surface area contributed by atoms with Crippen LogP contribution in [0.2, 0.25) is 5.02 Å². The van der Waals surface area contributed by atoms with E-state index in [2.05, 4.69) is 32.7 Å². The normalized spacial score (nSPS) is 15.2. The second-order valence-corrected chi connectivity index (χ2v) is 8.19. The van der Waals surface area contributed by atoms with E-state index >= 15 is 0 Å². The predicted molar refractivity (Wildman–Crippen MR) is 127 cm³/mol. The summed E-state index contributed by atoms with van der Waals surface area (Å²) in [7, 11) is 1.75. The van der Waals surface area contributed by atoms with Gasteiger partial charge < -0.3 is 16.4 Å². The topological polar surface area (TPSA) is 153 Å². The van der Waals surface area contributed by atoms with Gasteiger partial charge in [-0.25, -0.2) is 15.8 Å². The Kier molecular flexibility index (Phi) is 5.93. The molecule has 6 N–H and O–H groups in total. The molecule has 1 saturated carbocycles. The highest BCUT2D eigenvalue weighted by Gasteiger charge is 2.47. The number of nitrogens with zero attached hydrogens (tertiary/aromatic N) is 5. The molecular formula is C23H22ClN9. The van der Waals surface area contributed by atoms with Gasteiger partial charge in [0, 0.05) is 29.3 Å². The fourth-order valence-electron chi connectivity index (χ4n) is 3.66. The van der Waals surface area contributed by atoms with Gasteiger partial charge in [-0.3, -0.25) is 5.01 Å². The second-order valence-electron chi connectivity index (χ2n) is 7.78. The van der Waals surface area contributed by atoms with Crippen molar-refractivity contribution in [2.75, 3.05) is 17.7 Å². The summed E-state index contributed by atoms with van der Waals surface area (Å²) in [5.41, 5.74) is 8.40. The lowest BCUT2D eigenvalue weighted by Gasteiger charge is -2.26. The molecule has 0 bridgehead atoms. The number of rotatable bonds is 7. The molecule has 0 saturated heterocycles. The van der Waals surface area contributed by atoms with Crippen LogP contribution in [0.1, 0.15) is 30.0 Å². The van der Waals surface area contributed by atoms with Crippen molar-refractivity contribution >= 4 is 34.0 Å². The number of anilines is 2. The Hall–Kier alpha value is -4.05. The molecule has 4 rings (SSSR count). The summed E-state index contributed by atoms with van der Waals surface area (Å²) < 4.78 is 0. The SMILES string of the molecule is CNc1ncnc2c(C#N)cc(NC(/C(N)=C/N(N)C3(C#N)CC3)c3ccccc3Cl)cc12. The van der Waals surface area contributed by atoms with Crippen molar-refractivity contribution in [3.05, 3.63) is 70.8 Å². The molecule has 1 aliphatic rings. The minimum absolute atomic E-state index is 0.365. The number of nitriles is 2. The molecule has 10 heteroatoms. The first kappa shape index (κ1) is 22.2. The van der Waals surface area contributed by atoms with Crippen molar-refractivity contribution in [1.29, 1.82) is 10.5 Å². The van der Waals surface area contributed by atoms with Crippen LogP contribution >= 0.6 is 11.6 Å². The number of hydrazine groups is 1. The zero-order valence-electron chi connectivity index (χ0n) is 17.9. The van der Waals surface area contributed by atoms with Crippen LogP contribution in [0.3, 0.4) is 0 Å². The molecule has 9 nitrogen and oxygen atoms in total. The summed E-state index contributed by atoms with van der Waals surface area (Å²) in [6, 6.07) is 14.7. The fourth-order valence-corrected chi connectivity index (χ4v) is 3.90. The lowest BCUT2D eigenvalue weighted by Crippen LogP contribution is -2.39. The van der Waals surface area contributed by atoms with Crippen molar-refractivity contribution in [3.63, 3.8) is 0 Å². The molecule has 1 unspecified atom stereocenters. The molecule has 33 heavy (non-hydrogen) atoms. The Morgan fingerprint density at radius 1 is 1.27 bits per heavy atom. The van der Waals surface area contributed by atoms with E-state index in [-0.39, 0.29) is 0 Å². The van der Waals surface area contributed by atoms with Crippen LogP contribution in [0.15, 0.2) is 54.6 Å². The average Bonchev–Trinajstić information content (AvgIpc) is 3.63. The number of nitrogens with one attached hydrogen (secondary N) is 2. The fraction of sp³-hybridized carbons (Fsp3) is 0.217. The van der Waals surface area contributed by atoms with E-state index in [9.17, 15) is 10.5 Å². The maximum atomic E-state index is 9.70. The molecule has 1 heterocycles.